The minimum atomic E-state index is -0.980. The largest absolute Gasteiger partial charge is 0.507 e. The Balaban J connectivity index is 1.64. The lowest BCUT2D eigenvalue weighted by atomic mass is 9.95. The van der Waals surface area contributed by atoms with Gasteiger partial charge >= 0.3 is 5.91 Å². The van der Waals surface area contributed by atoms with Crippen LogP contribution in [0, 0.1) is 5.92 Å². The predicted octanol–water partition coefficient (Wildman–Crippen LogP) is 7.15. The average Bonchev–Trinajstić information content (AvgIpc) is 3.55. The zero-order valence-electron chi connectivity index (χ0n) is 25.5. The summed E-state index contributed by atoms with van der Waals surface area (Å²) in [5.74, 6) is 0.875. The number of methoxy groups -OCH3 is 1. The minimum absolute atomic E-state index is 0.0519. The summed E-state index contributed by atoms with van der Waals surface area (Å²) in [7, 11) is 1.54. The first kappa shape index (κ1) is 30.9. The molecule has 10 heteroatoms. The van der Waals surface area contributed by atoms with Gasteiger partial charge in [0.05, 0.1) is 48.8 Å². The number of hydrogen-bond donors (Lipinski definition) is 1. The van der Waals surface area contributed by atoms with Gasteiger partial charge in [0, 0.05) is 5.56 Å². The molecule has 1 aromatic heterocycles. The summed E-state index contributed by atoms with van der Waals surface area (Å²) in [6.45, 7) is 9.54. The van der Waals surface area contributed by atoms with Gasteiger partial charge in [-0.1, -0.05) is 31.3 Å². The maximum atomic E-state index is 13.7. The van der Waals surface area contributed by atoms with E-state index in [4.69, 9.17) is 23.9 Å². The number of aliphatic hydroxyl groups excluding tert-OH is 1. The molecule has 0 radical (unpaired) electrons. The van der Waals surface area contributed by atoms with E-state index in [1.165, 1.54) is 23.3 Å². The van der Waals surface area contributed by atoms with Crippen LogP contribution in [0.4, 0.5) is 5.13 Å². The van der Waals surface area contributed by atoms with Crippen molar-refractivity contribution in [1.82, 2.24) is 4.98 Å². The number of nitrogens with zero attached hydrogens (tertiary/aromatic N) is 2. The highest BCUT2D eigenvalue weighted by atomic mass is 32.1. The number of hydrogen-bond acceptors (Lipinski definition) is 9. The van der Waals surface area contributed by atoms with Gasteiger partial charge in [0.15, 0.2) is 16.6 Å². The number of fused-ring (bicyclic) bond motifs is 1. The maximum Gasteiger partial charge on any atom is 0.301 e. The number of aliphatic hydroxyl groups is 1. The summed E-state index contributed by atoms with van der Waals surface area (Å²) < 4.78 is 23.6. The van der Waals surface area contributed by atoms with Crippen molar-refractivity contribution < 1.29 is 33.6 Å². The van der Waals surface area contributed by atoms with Crippen LogP contribution in [-0.4, -0.2) is 48.7 Å². The maximum absolute atomic E-state index is 13.7. The molecule has 1 N–H and O–H groups in total. The van der Waals surface area contributed by atoms with E-state index in [0.717, 1.165) is 11.1 Å². The molecule has 0 saturated carbocycles. The number of aromatic nitrogens is 1. The number of ether oxygens (including phenoxy) is 4. The second-order valence-electron chi connectivity index (χ2n) is 10.6. The number of amides is 1. The summed E-state index contributed by atoms with van der Waals surface area (Å²) in [6, 6.07) is 16.5. The van der Waals surface area contributed by atoms with E-state index in [-0.39, 0.29) is 11.3 Å². The third-order valence-corrected chi connectivity index (χ3v) is 8.22. The van der Waals surface area contributed by atoms with Crippen molar-refractivity contribution in [2.45, 2.75) is 40.2 Å². The van der Waals surface area contributed by atoms with Crippen LogP contribution in [0.1, 0.15) is 51.3 Å². The fourth-order valence-corrected chi connectivity index (χ4v) is 6.03. The lowest BCUT2D eigenvalue weighted by molar-refractivity contribution is -0.132. The van der Waals surface area contributed by atoms with Gasteiger partial charge in [-0.3, -0.25) is 14.5 Å². The van der Waals surface area contributed by atoms with E-state index in [1.807, 2.05) is 32.0 Å². The molecule has 1 unspecified atom stereocenters. The van der Waals surface area contributed by atoms with Crippen LogP contribution in [0.2, 0.25) is 0 Å². The fourth-order valence-electron chi connectivity index (χ4n) is 5.01. The van der Waals surface area contributed by atoms with Crippen molar-refractivity contribution >= 4 is 44.1 Å². The van der Waals surface area contributed by atoms with Gasteiger partial charge in [0.2, 0.25) is 0 Å². The number of thiazole rings is 1. The predicted molar refractivity (Wildman–Crippen MR) is 171 cm³/mol. The SMILES string of the molecule is CCOc1ccc(C(O)=C2C(=O)C(=O)N(c3nc4ccc(OCC)cc4s3)C2c2ccc(OCCC(C)C)c(OC)c2)cc1. The Kier molecular flexibility index (Phi) is 9.39. The summed E-state index contributed by atoms with van der Waals surface area (Å²) in [5.41, 5.74) is 1.54. The quantitative estimate of drug-likeness (QED) is 0.102. The van der Waals surface area contributed by atoms with Crippen LogP contribution in [0.15, 0.2) is 66.2 Å². The zero-order chi connectivity index (χ0) is 31.4. The summed E-state index contributed by atoms with van der Waals surface area (Å²) in [5, 5.41) is 11.9. The highest BCUT2D eigenvalue weighted by molar-refractivity contribution is 7.22. The molecule has 1 amide bonds. The van der Waals surface area contributed by atoms with E-state index in [9.17, 15) is 14.7 Å². The van der Waals surface area contributed by atoms with Crippen molar-refractivity contribution in [3.05, 3.63) is 77.4 Å². The van der Waals surface area contributed by atoms with Gasteiger partial charge < -0.3 is 24.1 Å². The Bertz CT molecular complexity index is 1690. The zero-order valence-corrected chi connectivity index (χ0v) is 26.3. The van der Waals surface area contributed by atoms with Crippen molar-refractivity contribution in [1.29, 1.82) is 0 Å². The molecule has 9 nitrogen and oxygen atoms in total. The van der Waals surface area contributed by atoms with Crippen molar-refractivity contribution in [3.63, 3.8) is 0 Å². The number of rotatable bonds is 12. The smallest absolute Gasteiger partial charge is 0.301 e. The Morgan fingerprint density at radius 3 is 2.32 bits per heavy atom. The molecule has 0 bridgehead atoms. The average molecular weight is 617 g/mol. The molecule has 2 heterocycles. The molecule has 0 aliphatic carbocycles. The first-order valence-corrected chi connectivity index (χ1v) is 15.5. The van der Waals surface area contributed by atoms with E-state index in [1.54, 1.807) is 42.5 Å². The van der Waals surface area contributed by atoms with Gasteiger partial charge in [-0.15, -0.1) is 0 Å². The highest BCUT2D eigenvalue weighted by Crippen LogP contribution is 2.46. The normalized spacial score (nSPS) is 16.1. The third-order valence-electron chi connectivity index (χ3n) is 7.21. The van der Waals surface area contributed by atoms with Gasteiger partial charge in [-0.05, 0) is 86.3 Å². The topological polar surface area (TPSA) is 107 Å². The van der Waals surface area contributed by atoms with E-state index in [2.05, 4.69) is 13.8 Å². The van der Waals surface area contributed by atoms with Crippen LogP contribution >= 0.6 is 11.3 Å². The molecule has 5 rings (SSSR count). The Hall–Kier alpha value is -4.57. The second-order valence-corrected chi connectivity index (χ2v) is 11.6. The minimum Gasteiger partial charge on any atom is -0.507 e. The molecule has 44 heavy (non-hydrogen) atoms. The first-order chi connectivity index (χ1) is 21.2. The molecule has 4 aromatic rings. The molecule has 1 fully saturated rings. The molecule has 1 aliphatic rings. The number of benzene rings is 3. The standard InChI is InChI=1S/C34H36N2O7S/c1-6-41-23-11-8-21(9-12-23)31(37)29-30(22-10-15-26(27(18-22)40-5)43-17-16-20(3)4)36(33(39)32(29)38)34-35-25-14-13-24(42-7-2)19-28(25)44-34/h8-15,18-20,30,37H,6-7,16-17H2,1-5H3. The lowest BCUT2D eigenvalue weighted by Crippen LogP contribution is -2.29. The summed E-state index contributed by atoms with van der Waals surface area (Å²) in [6.07, 6.45) is 0.871. The molecule has 230 valence electrons. The molecular formula is C34H36N2O7S. The second kappa shape index (κ2) is 13.4. The molecule has 1 atom stereocenters. The van der Waals surface area contributed by atoms with E-state index < -0.39 is 17.7 Å². The van der Waals surface area contributed by atoms with Gasteiger partial charge in [-0.25, -0.2) is 4.98 Å². The summed E-state index contributed by atoms with van der Waals surface area (Å²) >= 11 is 1.27. The van der Waals surface area contributed by atoms with Crippen molar-refractivity contribution in [2.24, 2.45) is 5.92 Å². The monoisotopic (exact) mass is 616 g/mol. The Morgan fingerprint density at radius 1 is 0.932 bits per heavy atom. The molecule has 1 saturated heterocycles. The van der Waals surface area contributed by atoms with Gasteiger partial charge in [0.1, 0.15) is 17.3 Å². The van der Waals surface area contributed by atoms with Crippen LogP contribution in [0.25, 0.3) is 16.0 Å². The van der Waals surface area contributed by atoms with Crippen molar-refractivity contribution in [2.75, 3.05) is 31.8 Å². The van der Waals surface area contributed by atoms with Crippen LogP contribution in [0.5, 0.6) is 23.0 Å². The van der Waals surface area contributed by atoms with E-state index in [0.29, 0.717) is 70.5 Å². The number of ketones is 1. The number of anilines is 1. The van der Waals surface area contributed by atoms with Gasteiger partial charge in [-0.2, -0.15) is 0 Å². The molecule has 0 spiro atoms. The number of Topliss-reactive ketones (excluding diaryl/α,β-unsaturated/α-hetero) is 1. The molecule has 1 aliphatic heterocycles. The molecule has 3 aromatic carbocycles. The number of carbonyl (C=O) groups is 2. The van der Waals surface area contributed by atoms with Crippen LogP contribution < -0.4 is 23.8 Å². The van der Waals surface area contributed by atoms with Crippen molar-refractivity contribution in [3.8, 4) is 23.0 Å². The Labute approximate surface area is 260 Å². The Morgan fingerprint density at radius 2 is 1.64 bits per heavy atom. The van der Waals surface area contributed by atoms with Gasteiger partial charge in [0.25, 0.3) is 5.78 Å². The summed E-state index contributed by atoms with van der Waals surface area (Å²) in [4.78, 5) is 33.5. The lowest BCUT2D eigenvalue weighted by Gasteiger charge is -2.24. The third kappa shape index (κ3) is 6.21. The number of carbonyl (C=O) groups excluding carboxylic acids is 2. The van der Waals surface area contributed by atoms with Crippen LogP contribution in [0.3, 0.4) is 0 Å². The van der Waals surface area contributed by atoms with Crippen LogP contribution in [-0.2, 0) is 9.59 Å². The highest BCUT2D eigenvalue weighted by Gasteiger charge is 2.48. The van der Waals surface area contributed by atoms with E-state index >= 15 is 0 Å². The molecular weight excluding hydrogens is 580 g/mol. The fraction of sp³-hybridized carbons (Fsp3) is 0.324. The first-order valence-electron chi connectivity index (χ1n) is 14.6.